The van der Waals surface area contributed by atoms with Gasteiger partial charge in [-0.3, -0.25) is 0 Å². The normalized spacial score (nSPS) is 12.4. The maximum atomic E-state index is 5.84. The van der Waals surface area contributed by atoms with Gasteiger partial charge in [-0.05, 0) is 31.0 Å². The molecule has 0 bridgehead atoms. The molecule has 0 aliphatic heterocycles. The van der Waals surface area contributed by atoms with Crippen molar-refractivity contribution in [2.45, 2.75) is 52.0 Å². The standard InChI is InChI=1S/C15H25NO/c1-3-4-5-6-7-11-17-15-10-8-9-14(12-15)13(2)16/h8-10,12-13H,3-7,11,16H2,1-2H3/t13-/m1/s1. The van der Waals surface area contributed by atoms with Crippen LogP contribution < -0.4 is 10.5 Å². The molecule has 0 unspecified atom stereocenters. The first kappa shape index (κ1) is 14.0. The third-order valence-electron chi connectivity index (χ3n) is 2.90. The van der Waals surface area contributed by atoms with Crippen molar-refractivity contribution in [2.75, 3.05) is 6.61 Å². The number of ether oxygens (including phenoxy) is 1. The molecule has 1 atom stereocenters. The van der Waals surface area contributed by atoms with Crippen molar-refractivity contribution in [3.63, 3.8) is 0 Å². The topological polar surface area (TPSA) is 35.2 Å². The minimum atomic E-state index is 0.0723. The Morgan fingerprint density at radius 2 is 1.94 bits per heavy atom. The molecule has 0 aliphatic rings. The number of nitrogens with two attached hydrogens (primary N) is 1. The van der Waals surface area contributed by atoms with E-state index >= 15 is 0 Å². The van der Waals surface area contributed by atoms with Crippen LogP contribution in [0.25, 0.3) is 0 Å². The van der Waals surface area contributed by atoms with E-state index in [1.165, 1.54) is 25.7 Å². The summed E-state index contributed by atoms with van der Waals surface area (Å²) in [6.45, 7) is 5.03. The van der Waals surface area contributed by atoms with Gasteiger partial charge in [-0.15, -0.1) is 0 Å². The predicted molar refractivity (Wildman–Crippen MR) is 73.3 cm³/mol. The highest BCUT2D eigenvalue weighted by Gasteiger charge is 2.00. The molecule has 1 rings (SSSR count). The Hall–Kier alpha value is -1.02. The van der Waals surface area contributed by atoms with Crippen LogP contribution in [-0.4, -0.2) is 6.61 Å². The summed E-state index contributed by atoms with van der Waals surface area (Å²) in [5.41, 5.74) is 6.97. The van der Waals surface area contributed by atoms with Gasteiger partial charge in [-0.1, -0.05) is 44.7 Å². The minimum absolute atomic E-state index is 0.0723. The number of rotatable bonds is 8. The van der Waals surface area contributed by atoms with Crippen LogP contribution in [0.3, 0.4) is 0 Å². The lowest BCUT2D eigenvalue weighted by Crippen LogP contribution is -2.05. The molecule has 0 aliphatic carbocycles. The molecule has 0 amide bonds. The quantitative estimate of drug-likeness (QED) is 0.690. The molecule has 0 saturated heterocycles. The molecule has 0 radical (unpaired) electrons. The van der Waals surface area contributed by atoms with E-state index in [2.05, 4.69) is 6.92 Å². The molecule has 96 valence electrons. The van der Waals surface area contributed by atoms with Gasteiger partial charge in [0.1, 0.15) is 5.75 Å². The van der Waals surface area contributed by atoms with Crippen LogP contribution in [-0.2, 0) is 0 Å². The van der Waals surface area contributed by atoms with Gasteiger partial charge in [0, 0.05) is 6.04 Å². The zero-order valence-corrected chi connectivity index (χ0v) is 11.1. The summed E-state index contributed by atoms with van der Waals surface area (Å²) < 4.78 is 5.72. The Bertz CT molecular complexity index is 310. The first-order valence-corrected chi connectivity index (χ1v) is 6.72. The number of unbranched alkanes of at least 4 members (excludes halogenated alkanes) is 4. The third kappa shape index (κ3) is 5.73. The van der Waals surface area contributed by atoms with Gasteiger partial charge in [0.25, 0.3) is 0 Å². The fourth-order valence-corrected chi connectivity index (χ4v) is 1.78. The highest BCUT2D eigenvalue weighted by molar-refractivity contribution is 5.30. The van der Waals surface area contributed by atoms with Crippen molar-refractivity contribution in [3.8, 4) is 5.75 Å². The van der Waals surface area contributed by atoms with Crippen molar-refractivity contribution >= 4 is 0 Å². The SMILES string of the molecule is CCCCCCCOc1cccc([C@@H](C)N)c1. The fourth-order valence-electron chi connectivity index (χ4n) is 1.78. The summed E-state index contributed by atoms with van der Waals surface area (Å²) >= 11 is 0. The lowest BCUT2D eigenvalue weighted by molar-refractivity contribution is 0.304. The van der Waals surface area contributed by atoms with E-state index in [4.69, 9.17) is 10.5 Å². The van der Waals surface area contributed by atoms with E-state index in [0.29, 0.717) is 0 Å². The van der Waals surface area contributed by atoms with Gasteiger partial charge in [0.15, 0.2) is 0 Å². The zero-order valence-electron chi connectivity index (χ0n) is 11.1. The first-order chi connectivity index (χ1) is 8.24. The van der Waals surface area contributed by atoms with Crippen LogP contribution in [0, 0.1) is 0 Å². The highest BCUT2D eigenvalue weighted by atomic mass is 16.5. The van der Waals surface area contributed by atoms with Crippen molar-refractivity contribution < 1.29 is 4.74 Å². The molecule has 1 aromatic rings. The van der Waals surface area contributed by atoms with Crippen molar-refractivity contribution in [2.24, 2.45) is 5.73 Å². The average Bonchev–Trinajstić information content (AvgIpc) is 2.34. The molecule has 0 heterocycles. The summed E-state index contributed by atoms with van der Waals surface area (Å²) in [4.78, 5) is 0. The van der Waals surface area contributed by atoms with E-state index in [0.717, 1.165) is 24.3 Å². The van der Waals surface area contributed by atoms with Crippen LogP contribution >= 0.6 is 0 Å². The number of hydrogen-bond donors (Lipinski definition) is 1. The van der Waals surface area contributed by atoms with E-state index in [1.807, 2.05) is 31.2 Å². The second-order valence-electron chi connectivity index (χ2n) is 4.62. The van der Waals surface area contributed by atoms with Gasteiger partial charge in [-0.25, -0.2) is 0 Å². The van der Waals surface area contributed by atoms with Gasteiger partial charge in [-0.2, -0.15) is 0 Å². The third-order valence-corrected chi connectivity index (χ3v) is 2.90. The summed E-state index contributed by atoms with van der Waals surface area (Å²) in [5.74, 6) is 0.940. The van der Waals surface area contributed by atoms with E-state index in [1.54, 1.807) is 0 Å². The Morgan fingerprint density at radius 1 is 1.18 bits per heavy atom. The van der Waals surface area contributed by atoms with Gasteiger partial charge >= 0.3 is 0 Å². The summed E-state index contributed by atoms with van der Waals surface area (Å²) in [7, 11) is 0. The summed E-state index contributed by atoms with van der Waals surface area (Å²) in [6, 6.07) is 8.15. The highest BCUT2D eigenvalue weighted by Crippen LogP contribution is 2.17. The maximum absolute atomic E-state index is 5.84. The molecule has 1 aromatic carbocycles. The average molecular weight is 235 g/mol. The van der Waals surface area contributed by atoms with Gasteiger partial charge in [0.2, 0.25) is 0 Å². The Balaban J connectivity index is 2.24. The first-order valence-electron chi connectivity index (χ1n) is 6.72. The summed E-state index contributed by atoms with van der Waals surface area (Å²) in [5, 5.41) is 0. The van der Waals surface area contributed by atoms with Crippen LogP contribution in [0.1, 0.15) is 57.6 Å². The lowest BCUT2D eigenvalue weighted by atomic mass is 10.1. The van der Waals surface area contributed by atoms with Crippen molar-refractivity contribution in [1.29, 1.82) is 0 Å². The Labute approximate surface area is 105 Å². The smallest absolute Gasteiger partial charge is 0.119 e. The summed E-state index contributed by atoms with van der Waals surface area (Å²) in [6.07, 6.45) is 6.35. The van der Waals surface area contributed by atoms with Crippen molar-refractivity contribution in [3.05, 3.63) is 29.8 Å². The Kier molecular flexibility index (Phi) is 6.71. The van der Waals surface area contributed by atoms with E-state index in [9.17, 15) is 0 Å². The molecule has 17 heavy (non-hydrogen) atoms. The largest absolute Gasteiger partial charge is 0.494 e. The van der Waals surface area contributed by atoms with Gasteiger partial charge in [0.05, 0.1) is 6.61 Å². The molecule has 2 nitrogen and oxygen atoms in total. The zero-order chi connectivity index (χ0) is 12.5. The molecule has 0 spiro atoms. The molecular weight excluding hydrogens is 210 g/mol. The molecule has 2 heteroatoms. The van der Waals surface area contributed by atoms with Crippen LogP contribution in [0.15, 0.2) is 24.3 Å². The maximum Gasteiger partial charge on any atom is 0.119 e. The van der Waals surface area contributed by atoms with Crippen LogP contribution in [0.2, 0.25) is 0 Å². The second kappa shape index (κ2) is 8.13. The van der Waals surface area contributed by atoms with E-state index < -0.39 is 0 Å². The fraction of sp³-hybridized carbons (Fsp3) is 0.600. The molecule has 2 N–H and O–H groups in total. The van der Waals surface area contributed by atoms with Crippen molar-refractivity contribution in [1.82, 2.24) is 0 Å². The van der Waals surface area contributed by atoms with Crippen LogP contribution in [0.5, 0.6) is 5.75 Å². The predicted octanol–water partition coefficient (Wildman–Crippen LogP) is 4.06. The Morgan fingerprint density at radius 3 is 2.65 bits per heavy atom. The van der Waals surface area contributed by atoms with Gasteiger partial charge < -0.3 is 10.5 Å². The molecule has 0 aromatic heterocycles. The van der Waals surface area contributed by atoms with Crippen LogP contribution in [0.4, 0.5) is 0 Å². The molecular formula is C15H25NO. The number of hydrogen-bond acceptors (Lipinski definition) is 2. The van der Waals surface area contributed by atoms with E-state index in [-0.39, 0.29) is 6.04 Å². The monoisotopic (exact) mass is 235 g/mol. The second-order valence-corrected chi connectivity index (χ2v) is 4.62. The minimum Gasteiger partial charge on any atom is -0.494 e. The molecule has 0 saturated carbocycles. The number of benzene rings is 1. The lowest BCUT2D eigenvalue weighted by Gasteiger charge is -2.09. The molecule has 0 fully saturated rings.